The number of halogens is 1. The molecule has 0 saturated carbocycles. The summed E-state index contributed by atoms with van der Waals surface area (Å²) < 4.78 is 27.9. The highest BCUT2D eigenvalue weighted by Gasteiger charge is 2.35. The van der Waals surface area contributed by atoms with Gasteiger partial charge in [-0.05, 0) is 35.1 Å². The summed E-state index contributed by atoms with van der Waals surface area (Å²) in [6, 6.07) is 6.84. The van der Waals surface area contributed by atoms with Crippen molar-refractivity contribution in [3.8, 4) is 0 Å². The van der Waals surface area contributed by atoms with Gasteiger partial charge in [-0.15, -0.1) is 0 Å². The maximum Gasteiger partial charge on any atom is 0.244 e. The van der Waals surface area contributed by atoms with Crippen LogP contribution in [0.1, 0.15) is 11.9 Å². The molecule has 0 radical (unpaired) electrons. The number of hydrogen-bond acceptors (Lipinski definition) is 4. The Morgan fingerprint density at radius 2 is 2.09 bits per heavy atom. The molecule has 1 aliphatic rings. The molecular formula is C14H17BrN4O2S. The van der Waals surface area contributed by atoms with Crippen molar-refractivity contribution in [2.24, 2.45) is 0 Å². The van der Waals surface area contributed by atoms with Crippen molar-refractivity contribution in [1.82, 2.24) is 19.2 Å². The number of imidazole rings is 1. The molecule has 1 unspecified atom stereocenters. The molecule has 0 amide bonds. The number of likely N-dealkylation sites (N-methyl/N-ethyl adjacent to an activating group) is 1. The number of piperazine rings is 1. The van der Waals surface area contributed by atoms with Crippen LogP contribution in [0.2, 0.25) is 0 Å². The number of hydrogen-bond donors (Lipinski definition) is 1. The van der Waals surface area contributed by atoms with Crippen LogP contribution in [0.3, 0.4) is 0 Å². The first-order chi connectivity index (χ1) is 10.5. The van der Waals surface area contributed by atoms with E-state index in [1.165, 1.54) is 4.31 Å². The summed E-state index contributed by atoms with van der Waals surface area (Å²) in [5, 5.41) is 0. The van der Waals surface area contributed by atoms with Gasteiger partial charge in [0.1, 0.15) is 5.82 Å². The highest BCUT2D eigenvalue weighted by Crippen LogP contribution is 2.29. The van der Waals surface area contributed by atoms with Gasteiger partial charge in [0.05, 0.1) is 10.9 Å². The van der Waals surface area contributed by atoms with E-state index in [0.29, 0.717) is 29.0 Å². The van der Waals surface area contributed by atoms with Gasteiger partial charge in [-0.25, -0.2) is 13.4 Å². The average molecular weight is 385 g/mol. The summed E-state index contributed by atoms with van der Waals surface area (Å²) >= 11 is 3.33. The van der Waals surface area contributed by atoms with Gasteiger partial charge < -0.3 is 4.98 Å². The summed E-state index contributed by atoms with van der Waals surface area (Å²) in [6.07, 6.45) is 3.44. The van der Waals surface area contributed by atoms with Gasteiger partial charge in [-0.2, -0.15) is 4.31 Å². The number of aromatic amines is 1. The van der Waals surface area contributed by atoms with Crippen LogP contribution in [0.15, 0.2) is 46.0 Å². The summed E-state index contributed by atoms with van der Waals surface area (Å²) in [5.41, 5.74) is 0. The fourth-order valence-electron chi connectivity index (χ4n) is 2.61. The second kappa shape index (κ2) is 6.11. The first kappa shape index (κ1) is 15.7. The van der Waals surface area contributed by atoms with E-state index in [2.05, 4.69) is 30.8 Å². The Morgan fingerprint density at radius 3 is 2.77 bits per heavy atom. The summed E-state index contributed by atoms with van der Waals surface area (Å²) in [6.45, 7) is 1.51. The van der Waals surface area contributed by atoms with Crippen LogP contribution in [0.5, 0.6) is 0 Å². The molecule has 1 fully saturated rings. The lowest BCUT2D eigenvalue weighted by Crippen LogP contribution is -2.49. The van der Waals surface area contributed by atoms with Gasteiger partial charge in [0.2, 0.25) is 10.0 Å². The van der Waals surface area contributed by atoms with E-state index in [9.17, 15) is 8.42 Å². The van der Waals surface area contributed by atoms with Gasteiger partial charge in [0.25, 0.3) is 0 Å². The van der Waals surface area contributed by atoms with Crippen molar-refractivity contribution in [3.05, 3.63) is 47.0 Å². The number of benzene rings is 1. The smallest absolute Gasteiger partial charge is 0.244 e. The van der Waals surface area contributed by atoms with Gasteiger partial charge in [0.15, 0.2) is 0 Å². The number of nitrogens with one attached hydrogen (secondary N) is 1. The van der Waals surface area contributed by atoms with E-state index in [1.807, 2.05) is 7.05 Å². The average Bonchev–Trinajstić information content (AvgIpc) is 3.02. The van der Waals surface area contributed by atoms with E-state index in [1.54, 1.807) is 36.7 Å². The lowest BCUT2D eigenvalue weighted by molar-refractivity contribution is 0.142. The van der Waals surface area contributed by atoms with Gasteiger partial charge in [0, 0.05) is 36.5 Å². The highest BCUT2D eigenvalue weighted by atomic mass is 79.9. The van der Waals surface area contributed by atoms with Crippen LogP contribution >= 0.6 is 15.9 Å². The molecule has 22 heavy (non-hydrogen) atoms. The minimum Gasteiger partial charge on any atom is -0.347 e. The maximum atomic E-state index is 12.9. The molecule has 1 aliphatic heterocycles. The standard InChI is InChI=1S/C14H17BrN4O2S/c1-18-8-9-19(10-12(18)14-16-6-7-17-14)22(20,21)13-5-3-2-4-11(13)15/h2-7,12H,8-10H2,1H3,(H,16,17). The number of sulfonamides is 1. The van der Waals surface area contributed by atoms with E-state index in [0.717, 1.165) is 5.82 Å². The molecule has 0 aliphatic carbocycles. The summed E-state index contributed by atoms with van der Waals surface area (Å²) in [7, 11) is -1.54. The van der Waals surface area contributed by atoms with Gasteiger partial charge in [-0.3, -0.25) is 4.90 Å². The highest BCUT2D eigenvalue weighted by molar-refractivity contribution is 9.10. The molecular weight excluding hydrogens is 368 g/mol. The minimum absolute atomic E-state index is 0.0685. The molecule has 6 nitrogen and oxygen atoms in total. The van der Waals surface area contributed by atoms with Crippen LogP contribution in [0.25, 0.3) is 0 Å². The molecule has 1 saturated heterocycles. The third kappa shape index (κ3) is 2.83. The van der Waals surface area contributed by atoms with Crippen LogP contribution < -0.4 is 0 Å². The van der Waals surface area contributed by atoms with Crippen molar-refractivity contribution >= 4 is 26.0 Å². The summed E-state index contributed by atoms with van der Waals surface area (Å²) in [5.74, 6) is 0.787. The maximum absolute atomic E-state index is 12.9. The van der Waals surface area contributed by atoms with E-state index >= 15 is 0 Å². The molecule has 8 heteroatoms. The van der Waals surface area contributed by atoms with Crippen molar-refractivity contribution in [3.63, 3.8) is 0 Å². The van der Waals surface area contributed by atoms with Crippen molar-refractivity contribution in [2.75, 3.05) is 26.7 Å². The first-order valence-electron chi connectivity index (χ1n) is 6.94. The van der Waals surface area contributed by atoms with Crippen molar-refractivity contribution in [1.29, 1.82) is 0 Å². The first-order valence-corrected chi connectivity index (χ1v) is 9.17. The zero-order valence-corrected chi connectivity index (χ0v) is 14.5. The SMILES string of the molecule is CN1CCN(S(=O)(=O)c2ccccc2Br)CC1c1ncc[nH]1. The molecule has 1 aromatic carbocycles. The molecule has 118 valence electrons. The Kier molecular flexibility index (Phi) is 4.35. The Balaban J connectivity index is 1.90. The van der Waals surface area contributed by atoms with Crippen LogP contribution in [0, 0.1) is 0 Å². The van der Waals surface area contributed by atoms with E-state index in [-0.39, 0.29) is 6.04 Å². The molecule has 0 spiro atoms. The Morgan fingerprint density at radius 1 is 1.32 bits per heavy atom. The second-order valence-electron chi connectivity index (χ2n) is 5.26. The Labute approximate surface area is 138 Å². The molecule has 2 aromatic rings. The third-order valence-electron chi connectivity index (χ3n) is 3.90. The minimum atomic E-state index is -3.52. The largest absolute Gasteiger partial charge is 0.347 e. The Hall–Kier alpha value is -1.22. The lowest BCUT2D eigenvalue weighted by Gasteiger charge is -2.37. The van der Waals surface area contributed by atoms with Crippen LogP contribution in [-0.4, -0.2) is 54.3 Å². The normalized spacial score (nSPS) is 21.1. The second-order valence-corrected chi connectivity index (χ2v) is 8.02. The van der Waals surface area contributed by atoms with E-state index in [4.69, 9.17) is 0 Å². The molecule has 2 heterocycles. The van der Waals surface area contributed by atoms with Crippen LogP contribution in [-0.2, 0) is 10.0 Å². The van der Waals surface area contributed by atoms with Gasteiger partial charge >= 0.3 is 0 Å². The molecule has 3 rings (SSSR count). The van der Waals surface area contributed by atoms with E-state index < -0.39 is 10.0 Å². The third-order valence-corrected chi connectivity index (χ3v) is 6.78. The molecule has 0 bridgehead atoms. The monoisotopic (exact) mass is 384 g/mol. The molecule has 1 atom stereocenters. The van der Waals surface area contributed by atoms with Crippen molar-refractivity contribution in [2.45, 2.75) is 10.9 Å². The predicted molar refractivity (Wildman–Crippen MR) is 86.9 cm³/mol. The predicted octanol–water partition coefficient (Wildman–Crippen LogP) is 1.85. The fourth-order valence-corrected chi connectivity index (χ4v) is 5.02. The lowest BCUT2D eigenvalue weighted by atomic mass is 10.2. The number of nitrogens with zero attached hydrogens (tertiary/aromatic N) is 3. The number of H-pyrrole nitrogens is 1. The number of rotatable bonds is 3. The zero-order chi connectivity index (χ0) is 15.7. The summed E-state index contributed by atoms with van der Waals surface area (Å²) in [4.78, 5) is 9.77. The zero-order valence-electron chi connectivity index (χ0n) is 12.1. The van der Waals surface area contributed by atoms with Crippen LogP contribution in [0.4, 0.5) is 0 Å². The van der Waals surface area contributed by atoms with Gasteiger partial charge in [-0.1, -0.05) is 12.1 Å². The Bertz CT molecular complexity index is 748. The van der Waals surface area contributed by atoms with Crippen molar-refractivity contribution < 1.29 is 8.42 Å². The molecule has 1 N–H and O–H groups in total. The number of aromatic nitrogens is 2. The fraction of sp³-hybridized carbons (Fsp3) is 0.357. The quantitative estimate of drug-likeness (QED) is 0.876. The molecule has 1 aromatic heterocycles. The topological polar surface area (TPSA) is 69.3 Å².